The van der Waals surface area contributed by atoms with Gasteiger partial charge < -0.3 is 10.1 Å². The van der Waals surface area contributed by atoms with Gasteiger partial charge in [-0.1, -0.05) is 58.2 Å². The smallest absolute Gasteiger partial charge is 0.279 e. The van der Waals surface area contributed by atoms with Gasteiger partial charge >= 0.3 is 0 Å². The van der Waals surface area contributed by atoms with Crippen LogP contribution in [-0.2, 0) is 9.59 Å². The van der Waals surface area contributed by atoms with Crippen LogP contribution in [-0.4, -0.2) is 23.8 Å². The first kappa shape index (κ1) is 26.3. The van der Waals surface area contributed by atoms with E-state index in [1.54, 1.807) is 24.3 Å². The van der Waals surface area contributed by atoms with Crippen LogP contribution in [0.15, 0.2) is 48.5 Å². The van der Waals surface area contributed by atoms with E-state index in [2.05, 4.69) is 30.0 Å². The van der Waals surface area contributed by atoms with Gasteiger partial charge in [0.25, 0.3) is 11.8 Å². The molecular formula is C28H37N3O4. The first-order chi connectivity index (χ1) is 16.9. The summed E-state index contributed by atoms with van der Waals surface area (Å²) in [5, 5.41) is 2.93. The lowest BCUT2D eigenvalue weighted by Crippen LogP contribution is -2.48. The molecule has 2 aromatic carbocycles. The van der Waals surface area contributed by atoms with Crippen molar-refractivity contribution >= 4 is 23.4 Å². The van der Waals surface area contributed by atoms with Crippen LogP contribution >= 0.6 is 0 Å². The van der Waals surface area contributed by atoms with Crippen LogP contribution in [0.5, 0.6) is 5.75 Å². The highest BCUT2D eigenvalue weighted by molar-refractivity contribution is 5.97. The van der Waals surface area contributed by atoms with Gasteiger partial charge in [0.2, 0.25) is 5.91 Å². The van der Waals surface area contributed by atoms with Crippen LogP contribution in [0, 0.1) is 5.92 Å². The van der Waals surface area contributed by atoms with Crippen LogP contribution in [0.1, 0.15) is 87.6 Å². The molecule has 3 rings (SSSR count). The molecule has 35 heavy (non-hydrogen) atoms. The number of ether oxygens (including phenoxy) is 1. The normalized spacial score (nSPS) is 15.5. The van der Waals surface area contributed by atoms with Crippen LogP contribution in [0.2, 0.25) is 0 Å². The van der Waals surface area contributed by atoms with Crippen LogP contribution in [0.4, 0.5) is 5.69 Å². The van der Waals surface area contributed by atoms with Gasteiger partial charge in [0.15, 0.2) is 6.10 Å². The highest BCUT2D eigenvalue weighted by Gasteiger charge is 2.22. The van der Waals surface area contributed by atoms with Crippen molar-refractivity contribution in [2.24, 2.45) is 5.92 Å². The second-order valence-corrected chi connectivity index (χ2v) is 9.21. The fraction of sp³-hybridized carbons (Fsp3) is 0.464. The van der Waals surface area contributed by atoms with Crippen molar-refractivity contribution in [3.8, 4) is 5.75 Å². The molecule has 0 spiro atoms. The van der Waals surface area contributed by atoms with E-state index in [4.69, 9.17) is 4.74 Å². The lowest BCUT2D eigenvalue weighted by Gasteiger charge is -2.21. The molecule has 0 radical (unpaired) electrons. The lowest BCUT2D eigenvalue weighted by atomic mass is 9.88. The Balaban J connectivity index is 1.52. The third-order valence-corrected chi connectivity index (χ3v) is 6.68. The molecule has 3 N–H and O–H groups in total. The molecule has 2 unspecified atom stereocenters. The van der Waals surface area contributed by atoms with Gasteiger partial charge in [-0.3, -0.25) is 25.2 Å². The Bertz CT molecular complexity index is 1000. The van der Waals surface area contributed by atoms with E-state index in [1.165, 1.54) is 6.42 Å². The number of anilines is 1. The van der Waals surface area contributed by atoms with Gasteiger partial charge in [0.1, 0.15) is 5.75 Å². The van der Waals surface area contributed by atoms with E-state index in [9.17, 15) is 14.4 Å². The van der Waals surface area contributed by atoms with E-state index in [1.807, 2.05) is 31.2 Å². The number of rotatable bonds is 9. The van der Waals surface area contributed by atoms with Crippen molar-refractivity contribution in [3.63, 3.8) is 0 Å². The molecule has 0 aromatic heterocycles. The van der Waals surface area contributed by atoms with E-state index < -0.39 is 17.9 Å². The van der Waals surface area contributed by atoms with Crippen LogP contribution < -0.4 is 20.9 Å². The maximum absolute atomic E-state index is 12.7. The number of nitrogens with one attached hydrogen (secondary N) is 3. The van der Waals surface area contributed by atoms with Crippen molar-refractivity contribution in [1.82, 2.24) is 10.9 Å². The zero-order valence-electron chi connectivity index (χ0n) is 20.9. The molecule has 1 saturated carbocycles. The molecule has 1 aliphatic rings. The molecule has 0 saturated heterocycles. The van der Waals surface area contributed by atoms with Crippen molar-refractivity contribution < 1.29 is 19.1 Å². The number of hydrazine groups is 1. The molecule has 1 aliphatic carbocycles. The minimum absolute atomic E-state index is 0.0367. The van der Waals surface area contributed by atoms with Crippen molar-refractivity contribution in [2.45, 2.75) is 77.7 Å². The zero-order valence-corrected chi connectivity index (χ0v) is 20.9. The highest BCUT2D eigenvalue weighted by atomic mass is 16.5. The quantitative estimate of drug-likeness (QED) is 0.423. The van der Waals surface area contributed by atoms with Crippen molar-refractivity contribution in [3.05, 3.63) is 59.7 Å². The maximum atomic E-state index is 12.7. The molecule has 3 amide bonds. The van der Waals surface area contributed by atoms with E-state index in [0.717, 1.165) is 37.7 Å². The number of carbonyl (C=O) groups excluding carboxylic acids is 3. The number of benzene rings is 2. The fourth-order valence-electron chi connectivity index (χ4n) is 4.28. The van der Waals surface area contributed by atoms with Crippen molar-refractivity contribution in [1.29, 1.82) is 0 Å². The van der Waals surface area contributed by atoms with Gasteiger partial charge in [0.05, 0.1) is 0 Å². The van der Waals surface area contributed by atoms with E-state index in [-0.39, 0.29) is 11.8 Å². The Morgan fingerprint density at radius 3 is 2.26 bits per heavy atom. The summed E-state index contributed by atoms with van der Waals surface area (Å²) in [5.41, 5.74) is 7.01. The summed E-state index contributed by atoms with van der Waals surface area (Å²) in [7, 11) is 0. The van der Waals surface area contributed by atoms with Gasteiger partial charge in [0, 0.05) is 17.2 Å². The standard InChI is InChI=1S/C28H37N3O4/c1-4-19(3)23-13-9-10-14-25(23)35-24(5-2)28(34)31-30-27(33)21-15-17-22(18-16-21)29-26(32)20-11-7-6-8-12-20/h9-10,13-20,24H,4-8,11-12H2,1-3H3,(H,29,32)(H,30,33)(H,31,34). The molecule has 0 heterocycles. The Labute approximate surface area is 208 Å². The second kappa shape index (κ2) is 12.9. The molecule has 2 aromatic rings. The largest absolute Gasteiger partial charge is 0.480 e. The molecule has 7 nitrogen and oxygen atoms in total. The maximum Gasteiger partial charge on any atom is 0.279 e. The zero-order chi connectivity index (χ0) is 25.2. The summed E-state index contributed by atoms with van der Waals surface area (Å²) in [6.07, 6.45) is 5.91. The molecule has 7 heteroatoms. The van der Waals surface area contributed by atoms with Gasteiger partial charge in [-0.25, -0.2) is 0 Å². The summed E-state index contributed by atoms with van der Waals surface area (Å²) in [6.45, 7) is 6.09. The molecule has 1 fully saturated rings. The molecule has 188 valence electrons. The van der Waals surface area contributed by atoms with Gasteiger partial charge in [-0.15, -0.1) is 0 Å². The number of carbonyl (C=O) groups is 3. The summed E-state index contributed by atoms with van der Waals surface area (Å²) in [6, 6.07) is 14.4. The lowest BCUT2D eigenvalue weighted by molar-refractivity contribution is -0.129. The Hall–Kier alpha value is -3.35. The predicted molar refractivity (Wildman–Crippen MR) is 137 cm³/mol. The SMILES string of the molecule is CCC(Oc1ccccc1C(C)CC)C(=O)NNC(=O)c1ccc(NC(=O)C2CCCCC2)cc1. The first-order valence-corrected chi connectivity index (χ1v) is 12.7. The average Bonchev–Trinajstić information content (AvgIpc) is 2.90. The summed E-state index contributed by atoms with van der Waals surface area (Å²) < 4.78 is 6.02. The van der Waals surface area contributed by atoms with E-state index in [0.29, 0.717) is 29.3 Å². The second-order valence-electron chi connectivity index (χ2n) is 9.21. The number of amides is 3. The predicted octanol–water partition coefficient (Wildman–Crippen LogP) is 5.34. The summed E-state index contributed by atoms with van der Waals surface area (Å²) in [5.74, 6) is 0.222. The van der Waals surface area contributed by atoms with Crippen LogP contribution in [0.3, 0.4) is 0 Å². The molecular weight excluding hydrogens is 442 g/mol. The minimum atomic E-state index is -0.738. The third kappa shape index (κ3) is 7.31. The first-order valence-electron chi connectivity index (χ1n) is 12.7. The van der Waals surface area contributed by atoms with Gasteiger partial charge in [-0.2, -0.15) is 0 Å². The number of para-hydroxylation sites is 1. The minimum Gasteiger partial charge on any atom is -0.480 e. The summed E-state index contributed by atoms with van der Waals surface area (Å²) in [4.78, 5) is 37.6. The average molecular weight is 480 g/mol. The summed E-state index contributed by atoms with van der Waals surface area (Å²) >= 11 is 0. The Kier molecular flexibility index (Phi) is 9.70. The van der Waals surface area contributed by atoms with E-state index >= 15 is 0 Å². The monoisotopic (exact) mass is 479 g/mol. The third-order valence-electron chi connectivity index (χ3n) is 6.68. The Morgan fingerprint density at radius 2 is 1.60 bits per heavy atom. The highest BCUT2D eigenvalue weighted by Crippen LogP contribution is 2.29. The molecule has 2 atom stereocenters. The van der Waals surface area contributed by atoms with Crippen molar-refractivity contribution in [2.75, 3.05) is 5.32 Å². The Morgan fingerprint density at radius 1 is 0.914 bits per heavy atom. The van der Waals surface area contributed by atoms with Crippen LogP contribution in [0.25, 0.3) is 0 Å². The topological polar surface area (TPSA) is 96.5 Å². The molecule has 0 aliphatic heterocycles. The number of hydrogen-bond donors (Lipinski definition) is 3. The molecule has 0 bridgehead atoms. The fourth-order valence-corrected chi connectivity index (χ4v) is 4.28. The number of hydrogen-bond acceptors (Lipinski definition) is 4. The van der Waals surface area contributed by atoms with Gasteiger partial charge in [-0.05, 0) is 67.5 Å².